The van der Waals surface area contributed by atoms with E-state index in [1.165, 1.54) is 4.68 Å². The molecule has 24 heavy (non-hydrogen) atoms. The molecule has 0 aromatic carbocycles. The number of hydrogen-bond donors (Lipinski definition) is 0. The van der Waals surface area contributed by atoms with Crippen LogP contribution in [0.1, 0.15) is 40.0 Å². The van der Waals surface area contributed by atoms with Crippen LogP contribution in [0.15, 0.2) is 23.3 Å². The van der Waals surface area contributed by atoms with Crippen LogP contribution >= 0.6 is 11.6 Å². The molecule has 0 atom stereocenters. The Kier molecular flexibility index (Phi) is 5.63. The molecule has 0 spiro atoms. The first kappa shape index (κ1) is 18.8. The van der Waals surface area contributed by atoms with Gasteiger partial charge in [-0.25, -0.2) is 9.67 Å². The van der Waals surface area contributed by atoms with Crippen molar-refractivity contribution in [2.75, 3.05) is 6.61 Å². The lowest BCUT2D eigenvalue weighted by atomic mass is 10.0. The number of rotatable bonds is 7. The summed E-state index contributed by atoms with van der Waals surface area (Å²) in [5.74, 6) is 0.880. The summed E-state index contributed by atoms with van der Waals surface area (Å²) >= 11 is 6.06. The van der Waals surface area contributed by atoms with Crippen molar-refractivity contribution in [3.63, 3.8) is 0 Å². The average Bonchev–Trinajstić information content (AvgIpc) is 3.16. The molecular weight excluding hydrogens is 343 g/mol. The number of nitrogens with zero attached hydrogens (tertiary/aromatic N) is 3. The number of halogens is 4. The molecule has 0 unspecified atom stereocenters. The molecule has 1 heterocycles. The van der Waals surface area contributed by atoms with E-state index in [9.17, 15) is 13.2 Å². The molecule has 1 aliphatic rings. The van der Waals surface area contributed by atoms with Crippen LogP contribution in [0.5, 0.6) is 5.88 Å². The van der Waals surface area contributed by atoms with E-state index in [0.29, 0.717) is 11.0 Å². The highest BCUT2D eigenvalue weighted by molar-refractivity contribution is 6.66. The van der Waals surface area contributed by atoms with E-state index >= 15 is 0 Å². The van der Waals surface area contributed by atoms with Crippen LogP contribution in [0, 0.1) is 11.3 Å². The third-order valence-corrected chi connectivity index (χ3v) is 4.56. The predicted octanol–water partition coefficient (Wildman–Crippen LogP) is 5.11. The lowest BCUT2D eigenvalue weighted by Crippen LogP contribution is -2.26. The molecule has 1 saturated carbocycles. The Morgan fingerprint density at radius 3 is 2.67 bits per heavy atom. The maximum Gasteiger partial charge on any atom is 0.394 e. The monoisotopic (exact) mass is 363 g/mol. The van der Waals surface area contributed by atoms with Crippen LogP contribution in [0.4, 0.5) is 13.2 Å². The minimum atomic E-state index is -4.16. The highest BCUT2D eigenvalue weighted by atomic mass is 35.5. The van der Waals surface area contributed by atoms with Crippen molar-refractivity contribution in [1.82, 2.24) is 9.78 Å². The third kappa shape index (κ3) is 4.32. The van der Waals surface area contributed by atoms with Gasteiger partial charge in [0, 0.05) is 18.2 Å². The second-order valence-electron chi connectivity index (χ2n) is 6.21. The molecule has 0 bridgehead atoms. The maximum absolute atomic E-state index is 12.9. The molecule has 0 N–H and O–H groups in total. The highest BCUT2D eigenvalue weighted by Gasteiger charge is 2.62. The van der Waals surface area contributed by atoms with Crippen LogP contribution in [0.2, 0.25) is 0 Å². The Morgan fingerprint density at radius 1 is 1.50 bits per heavy atom. The Hall–Kier alpha value is -1.50. The molecule has 0 amide bonds. The molecule has 0 saturated heterocycles. The van der Waals surface area contributed by atoms with E-state index in [2.05, 4.69) is 10.1 Å². The normalized spacial score (nSPS) is 18.2. The van der Waals surface area contributed by atoms with Crippen molar-refractivity contribution >= 4 is 22.6 Å². The van der Waals surface area contributed by atoms with Gasteiger partial charge in [-0.3, -0.25) is 0 Å². The van der Waals surface area contributed by atoms with Gasteiger partial charge in [0.25, 0.3) is 0 Å². The first-order valence-electron chi connectivity index (χ1n) is 7.84. The summed E-state index contributed by atoms with van der Waals surface area (Å²) in [5.41, 5.74) is -1.56. The van der Waals surface area contributed by atoms with Crippen molar-refractivity contribution in [2.45, 2.75) is 46.2 Å². The van der Waals surface area contributed by atoms with Crippen LogP contribution < -0.4 is 4.74 Å². The number of alkyl halides is 3. The highest BCUT2D eigenvalue weighted by Crippen LogP contribution is 2.59. The number of ether oxygens (including phenoxy) is 1. The van der Waals surface area contributed by atoms with E-state index in [-0.39, 0.29) is 37.7 Å². The largest absolute Gasteiger partial charge is 0.477 e. The first-order valence-corrected chi connectivity index (χ1v) is 8.22. The summed E-state index contributed by atoms with van der Waals surface area (Å²) in [5, 5.41) is 4.62. The van der Waals surface area contributed by atoms with Crippen molar-refractivity contribution in [3.8, 4) is 5.88 Å². The standard InChI is InChI=1S/C16H21ClF3N3O/c1-4-12(21-14(17)11(2)3)23-9-5-13(22-23)24-10-8-15(6-7-15)16(18,19)20/h4-5,9,11H,6-8,10H2,1-3H3/b12-4+,21-14+. The first-order chi connectivity index (χ1) is 11.2. The summed E-state index contributed by atoms with van der Waals surface area (Å²) in [6.45, 7) is 5.62. The van der Waals surface area contributed by atoms with Gasteiger partial charge in [0.05, 0.1) is 12.0 Å². The van der Waals surface area contributed by atoms with E-state index < -0.39 is 11.6 Å². The zero-order chi connectivity index (χ0) is 18.0. The van der Waals surface area contributed by atoms with Crippen molar-refractivity contribution in [1.29, 1.82) is 0 Å². The van der Waals surface area contributed by atoms with Crippen LogP contribution in [-0.2, 0) is 0 Å². The fraction of sp³-hybridized carbons (Fsp3) is 0.625. The lowest BCUT2D eigenvalue weighted by molar-refractivity contribution is -0.190. The summed E-state index contributed by atoms with van der Waals surface area (Å²) in [6, 6.07) is 1.59. The average molecular weight is 364 g/mol. The van der Waals surface area contributed by atoms with Crippen LogP contribution in [-0.4, -0.2) is 27.7 Å². The van der Waals surface area contributed by atoms with Gasteiger partial charge in [-0.05, 0) is 32.3 Å². The van der Waals surface area contributed by atoms with Gasteiger partial charge in [-0.2, -0.15) is 13.2 Å². The van der Waals surface area contributed by atoms with Crippen molar-refractivity contribution in [3.05, 3.63) is 18.3 Å². The number of allylic oxidation sites excluding steroid dienone is 1. The predicted molar refractivity (Wildman–Crippen MR) is 88.1 cm³/mol. The molecule has 1 aromatic rings. The lowest BCUT2D eigenvalue weighted by Gasteiger charge is -2.18. The summed E-state index contributed by atoms with van der Waals surface area (Å²) in [7, 11) is 0. The molecule has 2 rings (SSSR count). The van der Waals surface area contributed by atoms with E-state index in [1.807, 2.05) is 13.8 Å². The Bertz CT molecular complexity index is 631. The van der Waals surface area contributed by atoms with Gasteiger partial charge < -0.3 is 4.74 Å². The van der Waals surface area contributed by atoms with Crippen molar-refractivity contribution < 1.29 is 17.9 Å². The summed E-state index contributed by atoms with van der Waals surface area (Å²) < 4.78 is 45.4. The minimum absolute atomic E-state index is 0.0162. The Morgan fingerprint density at radius 2 is 2.17 bits per heavy atom. The molecule has 134 valence electrons. The number of aromatic nitrogens is 2. The molecule has 1 aromatic heterocycles. The second kappa shape index (κ2) is 7.17. The van der Waals surface area contributed by atoms with Gasteiger partial charge in [0.2, 0.25) is 5.88 Å². The second-order valence-corrected chi connectivity index (χ2v) is 6.60. The molecule has 0 aliphatic heterocycles. The zero-order valence-corrected chi connectivity index (χ0v) is 14.7. The smallest absolute Gasteiger partial charge is 0.394 e. The van der Waals surface area contributed by atoms with Gasteiger partial charge in [0.15, 0.2) is 5.82 Å². The SMILES string of the molecule is C/C=C(\N=C(\Cl)C(C)C)n1ccc(OCCC2(C(F)(F)F)CC2)n1. The molecule has 1 aliphatic carbocycles. The topological polar surface area (TPSA) is 39.4 Å². The summed E-state index contributed by atoms with van der Waals surface area (Å²) in [4.78, 5) is 4.28. The maximum atomic E-state index is 12.9. The molecule has 4 nitrogen and oxygen atoms in total. The van der Waals surface area contributed by atoms with Crippen LogP contribution in [0.3, 0.4) is 0 Å². The minimum Gasteiger partial charge on any atom is -0.477 e. The zero-order valence-electron chi connectivity index (χ0n) is 13.9. The Labute approximate surface area is 144 Å². The fourth-order valence-corrected chi connectivity index (χ4v) is 2.26. The van der Waals surface area contributed by atoms with E-state index in [0.717, 1.165) is 0 Å². The Balaban J connectivity index is 1.95. The molecule has 8 heteroatoms. The fourth-order valence-electron chi connectivity index (χ4n) is 2.18. The van der Waals surface area contributed by atoms with E-state index in [1.54, 1.807) is 25.3 Å². The number of hydrogen-bond acceptors (Lipinski definition) is 3. The van der Waals surface area contributed by atoms with Crippen LogP contribution in [0.25, 0.3) is 5.82 Å². The van der Waals surface area contributed by atoms with E-state index in [4.69, 9.17) is 16.3 Å². The van der Waals surface area contributed by atoms with Crippen molar-refractivity contribution in [2.24, 2.45) is 16.3 Å². The van der Waals surface area contributed by atoms with Gasteiger partial charge >= 0.3 is 6.18 Å². The molecule has 1 fully saturated rings. The quantitative estimate of drug-likeness (QED) is 0.632. The van der Waals surface area contributed by atoms with Gasteiger partial charge in [-0.1, -0.05) is 25.4 Å². The van der Waals surface area contributed by atoms with Gasteiger partial charge in [-0.15, -0.1) is 5.10 Å². The molecule has 0 radical (unpaired) electrons. The molecular formula is C16H21ClF3N3O. The number of aliphatic imine (C=N–C) groups is 1. The van der Waals surface area contributed by atoms with Gasteiger partial charge in [0.1, 0.15) is 5.17 Å². The summed E-state index contributed by atoms with van der Waals surface area (Å²) in [6.07, 6.45) is -0.466. The third-order valence-electron chi connectivity index (χ3n) is 4.04.